The molecule has 0 unspecified atom stereocenters. The molecule has 4 nitrogen and oxygen atoms in total. The molecule has 2 N–H and O–H groups in total. The topological polar surface area (TPSA) is 63.4 Å². The summed E-state index contributed by atoms with van der Waals surface area (Å²) in [7, 11) is 3.24. The van der Waals surface area contributed by atoms with E-state index in [1.54, 1.807) is 14.1 Å². The molecule has 0 aliphatic heterocycles. The van der Waals surface area contributed by atoms with Crippen LogP contribution in [0.25, 0.3) is 0 Å². The van der Waals surface area contributed by atoms with Gasteiger partial charge < -0.3 is 45.5 Å². The Morgan fingerprint density at radius 3 is 1.36 bits per heavy atom. The summed E-state index contributed by atoms with van der Waals surface area (Å²) in [6.45, 7) is 0. The van der Waals surface area contributed by atoms with Crippen molar-refractivity contribution < 1.29 is 26.7 Å². The molecule has 0 saturated heterocycles. The van der Waals surface area contributed by atoms with Gasteiger partial charge in [0, 0.05) is 14.1 Å². The van der Waals surface area contributed by atoms with E-state index >= 15 is 0 Å². The van der Waals surface area contributed by atoms with Crippen molar-refractivity contribution in [1.29, 1.82) is 0 Å². The molecule has 0 saturated carbocycles. The second-order valence-corrected chi connectivity index (χ2v) is 2.23. The van der Waals surface area contributed by atoms with Crippen molar-refractivity contribution in [2.24, 2.45) is 5.73 Å². The van der Waals surface area contributed by atoms with E-state index in [1.807, 2.05) is 0 Å². The Bertz CT molecular complexity index is 127. The van der Waals surface area contributed by atoms with Gasteiger partial charge in [-0.05, 0) is 0 Å². The second-order valence-electron chi connectivity index (χ2n) is 1.48. The molecule has 0 aromatic carbocycles. The average Bonchev–Trinajstić information content (AvgIpc) is 1.63. The van der Waals surface area contributed by atoms with Gasteiger partial charge in [-0.25, -0.2) is 0 Å². The van der Waals surface area contributed by atoms with Gasteiger partial charge in [-0.2, -0.15) is 0 Å². The van der Waals surface area contributed by atoms with E-state index < -0.39 is 5.24 Å². The minimum absolute atomic E-state index is 0. The van der Waals surface area contributed by atoms with E-state index in [0.29, 0.717) is 0 Å². The summed E-state index contributed by atoms with van der Waals surface area (Å²) in [5.41, 5.74) is 4.29. The smallest absolute Gasteiger partial charge is 0.719 e. The molecule has 0 aliphatic carbocycles. The van der Waals surface area contributed by atoms with Crippen LogP contribution in [0, 0.1) is 0 Å². The fourth-order valence-electron chi connectivity index (χ4n) is 0. The van der Waals surface area contributed by atoms with Gasteiger partial charge in [0.05, 0.1) is 5.24 Å². The van der Waals surface area contributed by atoms with Gasteiger partial charge in [0.25, 0.3) is 0 Å². The fourth-order valence-corrected chi connectivity index (χ4v) is 0. The van der Waals surface area contributed by atoms with Crippen molar-refractivity contribution in [2.45, 2.75) is 0 Å². The minimum atomic E-state index is -0.750. The Hall–Kier alpha value is -0.101. The van der Waals surface area contributed by atoms with Gasteiger partial charge >= 0.3 is 17.1 Å². The number of hydrogen-bond donors (Lipinski definition) is 1. The number of carbonyl (C=O) groups excluding carboxylic acids is 2. The maximum atomic E-state index is 9.88. The molecule has 0 atom stereocenters. The van der Waals surface area contributed by atoms with E-state index in [-0.39, 0.29) is 22.3 Å². The van der Waals surface area contributed by atoms with Crippen LogP contribution in [0.4, 0.5) is 9.59 Å². The van der Waals surface area contributed by atoms with Crippen LogP contribution >= 0.6 is 0 Å². The third-order valence-electron chi connectivity index (χ3n) is 0.365. The first-order chi connectivity index (χ1) is 4.37. The second kappa shape index (κ2) is 9.90. The van der Waals surface area contributed by atoms with Crippen molar-refractivity contribution in [3.8, 4) is 0 Å². The molecule has 0 spiro atoms. The normalized spacial score (nSPS) is 6.36. The number of hydrogen-bond acceptors (Lipinski definition) is 4. The minimum Gasteiger partial charge on any atom is -0.719 e. The first kappa shape index (κ1) is 17.1. The predicted octanol–water partition coefficient (Wildman–Crippen LogP) is -0.176. The molecule has 2 amide bonds. The molecule has 0 bridgehead atoms. The van der Waals surface area contributed by atoms with Crippen molar-refractivity contribution >= 4 is 35.7 Å². The summed E-state index contributed by atoms with van der Waals surface area (Å²) >= 11 is 7.95. The van der Waals surface area contributed by atoms with Crippen LogP contribution in [0.2, 0.25) is 0 Å². The molecule has 0 heterocycles. The van der Waals surface area contributed by atoms with Crippen LogP contribution in [0.15, 0.2) is 0 Å². The van der Waals surface area contributed by atoms with Crippen LogP contribution in [-0.4, -0.2) is 29.5 Å². The molecular formula is C4H8CuN2O2S2. The van der Waals surface area contributed by atoms with E-state index in [4.69, 9.17) is 4.79 Å². The molecule has 69 valence electrons. The molecule has 0 aromatic rings. The summed E-state index contributed by atoms with van der Waals surface area (Å²) in [5.74, 6) is 0. The van der Waals surface area contributed by atoms with Gasteiger partial charge in [-0.3, -0.25) is 0 Å². The number of rotatable bonds is 0. The van der Waals surface area contributed by atoms with Crippen molar-refractivity contribution in [1.82, 2.24) is 4.90 Å². The van der Waals surface area contributed by atoms with Crippen molar-refractivity contribution in [2.75, 3.05) is 14.1 Å². The van der Waals surface area contributed by atoms with Crippen LogP contribution in [-0.2, 0) is 42.3 Å². The molecule has 11 heavy (non-hydrogen) atoms. The third-order valence-corrected chi connectivity index (χ3v) is 0.730. The van der Waals surface area contributed by atoms with E-state index in [2.05, 4.69) is 31.0 Å². The van der Waals surface area contributed by atoms with Gasteiger partial charge in [0.15, 0.2) is 0 Å². The van der Waals surface area contributed by atoms with Crippen molar-refractivity contribution in [3.63, 3.8) is 0 Å². The molecule has 0 rings (SSSR count). The van der Waals surface area contributed by atoms with Gasteiger partial charge in [0.2, 0.25) is 0 Å². The number of nitrogens with zero attached hydrogens (tertiary/aromatic N) is 1. The first-order valence-electron chi connectivity index (χ1n) is 2.22. The third kappa shape index (κ3) is 40.6. The summed E-state index contributed by atoms with van der Waals surface area (Å²) in [5, 5.41) is -1.07. The van der Waals surface area contributed by atoms with E-state index in [1.165, 1.54) is 4.90 Å². The number of carbonyl (C=O) groups is 2. The average molecular weight is 244 g/mol. The van der Waals surface area contributed by atoms with Gasteiger partial charge in [-0.15, -0.1) is 0 Å². The standard InChI is InChI=1S/C3H7NOS.CH3NOS.Cu/c1-4(2)3(5)6;2-1(3)4;/h1-2H3,(H,5,6);(H3,2,3,4);/q;;+2/p-2. The quantitative estimate of drug-likeness (QED) is 0.474. The van der Waals surface area contributed by atoms with E-state index in [9.17, 15) is 4.79 Å². The van der Waals surface area contributed by atoms with Gasteiger partial charge in [0.1, 0.15) is 5.24 Å². The number of amides is 2. The number of primary amides is 1. The summed E-state index contributed by atoms with van der Waals surface area (Å²) in [4.78, 5) is 20.3. The summed E-state index contributed by atoms with van der Waals surface area (Å²) in [6, 6.07) is 0. The Balaban J connectivity index is -0.000000114. The Labute approximate surface area is 87.2 Å². The maximum absolute atomic E-state index is 9.88. The summed E-state index contributed by atoms with van der Waals surface area (Å²) in [6.07, 6.45) is 0. The first-order valence-corrected chi connectivity index (χ1v) is 3.04. The summed E-state index contributed by atoms with van der Waals surface area (Å²) < 4.78 is 0. The fraction of sp³-hybridized carbons (Fsp3) is 0.500. The molecule has 0 aliphatic rings. The van der Waals surface area contributed by atoms with Crippen LogP contribution in [0.3, 0.4) is 0 Å². The zero-order valence-electron chi connectivity index (χ0n) is 5.96. The van der Waals surface area contributed by atoms with E-state index in [0.717, 1.165) is 0 Å². The SMILES string of the molecule is CN(C)C(=O)[S-].NC(=O)[S-].[Cu+2]. The zero-order valence-corrected chi connectivity index (χ0v) is 8.53. The van der Waals surface area contributed by atoms with Crippen LogP contribution in [0.1, 0.15) is 0 Å². The molecule has 0 fully saturated rings. The van der Waals surface area contributed by atoms with Crippen LogP contribution < -0.4 is 5.73 Å². The maximum Gasteiger partial charge on any atom is 2.00 e. The molecule has 0 aromatic heterocycles. The Morgan fingerprint density at radius 1 is 1.27 bits per heavy atom. The number of nitrogens with two attached hydrogens (primary N) is 1. The molecular weight excluding hydrogens is 236 g/mol. The van der Waals surface area contributed by atoms with Gasteiger partial charge in [-0.1, -0.05) is 0 Å². The van der Waals surface area contributed by atoms with Crippen molar-refractivity contribution in [3.05, 3.63) is 0 Å². The largest absolute Gasteiger partial charge is 2.00 e. The zero-order chi connectivity index (χ0) is 8.73. The van der Waals surface area contributed by atoms with Crippen LogP contribution in [0.5, 0.6) is 0 Å². The molecule has 1 radical (unpaired) electrons. The molecule has 7 heteroatoms. The Kier molecular flexibility index (Phi) is 15.4. The predicted molar refractivity (Wildman–Crippen MR) is 43.4 cm³/mol. The Morgan fingerprint density at radius 2 is 1.36 bits per heavy atom. The monoisotopic (exact) mass is 243 g/mol.